The molecule has 0 saturated carbocycles. The lowest BCUT2D eigenvalue weighted by Gasteiger charge is -2.10. The fourth-order valence-corrected chi connectivity index (χ4v) is 5.12. The number of nitrogens with zero attached hydrogens (tertiary/aromatic N) is 4. The second-order valence-corrected chi connectivity index (χ2v) is 9.37. The van der Waals surface area contributed by atoms with Crippen LogP contribution in [0.2, 0.25) is 5.02 Å². The van der Waals surface area contributed by atoms with Crippen molar-refractivity contribution in [3.8, 4) is 0 Å². The molecule has 2 aromatic heterocycles. The van der Waals surface area contributed by atoms with Crippen molar-refractivity contribution in [1.82, 2.24) is 19.3 Å². The largest absolute Gasteiger partial charge is 0.324 e. The zero-order valence-corrected chi connectivity index (χ0v) is 16.5. The zero-order valence-electron chi connectivity index (χ0n) is 14.9. The number of amides is 1. The van der Waals surface area contributed by atoms with Gasteiger partial charge in [-0.05, 0) is 24.6 Å². The van der Waals surface area contributed by atoms with Crippen LogP contribution in [-0.2, 0) is 21.2 Å². The molecule has 1 saturated heterocycles. The van der Waals surface area contributed by atoms with Crippen LogP contribution in [0.15, 0.2) is 35.5 Å². The van der Waals surface area contributed by atoms with Gasteiger partial charge >= 0.3 is 0 Å². The van der Waals surface area contributed by atoms with E-state index in [1.54, 1.807) is 0 Å². The van der Waals surface area contributed by atoms with Gasteiger partial charge in [0.2, 0.25) is 5.91 Å². The van der Waals surface area contributed by atoms with Gasteiger partial charge < -0.3 is 5.32 Å². The molecule has 4 rings (SSSR count). The zero-order chi connectivity index (χ0) is 20.8. The van der Waals surface area contributed by atoms with Crippen molar-refractivity contribution < 1.29 is 17.6 Å². The van der Waals surface area contributed by atoms with Crippen molar-refractivity contribution in [2.45, 2.75) is 19.0 Å². The van der Waals surface area contributed by atoms with Gasteiger partial charge in [0.1, 0.15) is 24.1 Å². The lowest BCUT2D eigenvalue weighted by Crippen LogP contribution is -2.28. The molecule has 0 spiro atoms. The number of fused-ring (bicyclic) bond motifs is 1. The molecule has 0 radical (unpaired) electrons. The molecule has 1 amide bonds. The van der Waals surface area contributed by atoms with Crippen molar-refractivity contribution in [1.29, 1.82) is 0 Å². The topological polar surface area (TPSA) is 116 Å². The van der Waals surface area contributed by atoms with E-state index in [2.05, 4.69) is 15.4 Å². The van der Waals surface area contributed by atoms with E-state index in [1.807, 2.05) is 0 Å². The SMILES string of the molecule is O=C(Cn1cnc2c(cnn2[C@@H]2CCS(=O)(=O)C2)c1=O)Nc1ccc(F)c(Cl)c1. The van der Waals surface area contributed by atoms with Gasteiger partial charge in [-0.2, -0.15) is 5.10 Å². The van der Waals surface area contributed by atoms with Crippen LogP contribution in [0.1, 0.15) is 12.5 Å². The molecule has 0 bridgehead atoms. The van der Waals surface area contributed by atoms with Crippen molar-refractivity contribution in [2.75, 3.05) is 16.8 Å². The van der Waals surface area contributed by atoms with Crippen LogP contribution in [-0.4, -0.2) is 45.2 Å². The summed E-state index contributed by atoms with van der Waals surface area (Å²) in [7, 11) is -3.12. The minimum absolute atomic E-state index is 0.0445. The number of anilines is 1. The third-order valence-electron chi connectivity index (χ3n) is 4.65. The second kappa shape index (κ2) is 7.23. The molecule has 0 aliphatic carbocycles. The average molecular weight is 440 g/mol. The maximum Gasteiger partial charge on any atom is 0.264 e. The molecule has 9 nitrogen and oxygen atoms in total. The lowest BCUT2D eigenvalue weighted by molar-refractivity contribution is -0.116. The van der Waals surface area contributed by atoms with Gasteiger partial charge in [-0.3, -0.25) is 14.2 Å². The summed E-state index contributed by atoms with van der Waals surface area (Å²) in [4.78, 5) is 29.1. The number of hydrogen-bond acceptors (Lipinski definition) is 6. The van der Waals surface area contributed by atoms with E-state index in [9.17, 15) is 22.4 Å². The average Bonchev–Trinajstić information content (AvgIpc) is 3.24. The number of rotatable bonds is 4. The first kappa shape index (κ1) is 19.5. The van der Waals surface area contributed by atoms with Crippen LogP contribution in [0.5, 0.6) is 0 Å². The van der Waals surface area contributed by atoms with Crippen LogP contribution < -0.4 is 10.9 Å². The van der Waals surface area contributed by atoms with E-state index in [0.717, 1.165) is 10.6 Å². The molecular weight excluding hydrogens is 425 g/mol. The Labute approximate surface area is 169 Å². The highest BCUT2D eigenvalue weighted by molar-refractivity contribution is 7.91. The van der Waals surface area contributed by atoms with Crippen LogP contribution in [0.25, 0.3) is 11.0 Å². The summed E-state index contributed by atoms with van der Waals surface area (Å²) in [6.07, 6.45) is 2.94. The first-order valence-corrected chi connectivity index (χ1v) is 10.8. The van der Waals surface area contributed by atoms with Crippen molar-refractivity contribution in [3.05, 3.63) is 51.9 Å². The van der Waals surface area contributed by atoms with Gasteiger partial charge in [0.25, 0.3) is 5.56 Å². The second-order valence-electron chi connectivity index (χ2n) is 6.74. The van der Waals surface area contributed by atoms with Crippen LogP contribution in [0.3, 0.4) is 0 Å². The molecule has 3 aromatic rings. The molecule has 29 heavy (non-hydrogen) atoms. The predicted octanol–water partition coefficient (Wildman–Crippen LogP) is 1.38. The van der Waals surface area contributed by atoms with Gasteiger partial charge in [-0.15, -0.1) is 0 Å². The summed E-state index contributed by atoms with van der Waals surface area (Å²) >= 11 is 5.68. The first-order valence-electron chi connectivity index (χ1n) is 8.61. The smallest absolute Gasteiger partial charge is 0.264 e. The quantitative estimate of drug-likeness (QED) is 0.656. The molecule has 1 N–H and O–H groups in total. The summed E-state index contributed by atoms with van der Waals surface area (Å²) in [5.74, 6) is -1.10. The Bertz CT molecular complexity index is 1290. The molecule has 1 aliphatic rings. The van der Waals surface area contributed by atoms with E-state index in [0.29, 0.717) is 12.1 Å². The minimum atomic E-state index is -3.12. The first-order chi connectivity index (χ1) is 13.7. The Morgan fingerprint density at radius 2 is 2.17 bits per heavy atom. The Morgan fingerprint density at radius 3 is 2.86 bits per heavy atom. The van der Waals surface area contributed by atoms with E-state index in [4.69, 9.17) is 11.6 Å². The summed E-state index contributed by atoms with van der Waals surface area (Å²) in [5.41, 5.74) is 0.0900. The number of carbonyl (C=O) groups excluding carboxylic acids is 1. The number of hydrogen-bond donors (Lipinski definition) is 1. The van der Waals surface area contributed by atoms with Crippen LogP contribution >= 0.6 is 11.6 Å². The number of benzene rings is 1. The molecular formula is C17H15ClFN5O4S. The Kier molecular flexibility index (Phi) is 4.87. The normalized spacial score (nSPS) is 18.2. The van der Waals surface area contributed by atoms with Gasteiger partial charge in [0.05, 0.1) is 28.8 Å². The van der Waals surface area contributed by atoms with Crippen LogP contribution in [0, 0.1) is 5.82 Å². The summed E-state index contributed by atoms with van der Waals surface area (Å²) in [6.45, 7) is -0.320. The Morgan fingerprint density at radius 1 is 1.38 bits per heavy atom. The molecule has 1 fully saturated rings. The molecule has 152 valence electrons. The van der Waals surface area contributed by atoms with Crippen molar-refractivity contribution in [3.63, 3.8) is 0 Å². The number of aromatic nitrogens is 4. The van der Waals surface area contributed by atoms with E-state index >= 15 is 0 Å². The molecule has 12 heteroatoms. The molecule has 0 unspecified atom stereocenters. The monoisotopic (exact) mass is 439 g/mol. The third kappa shape index (κ3) is 3.87. The highest BCUT2D eigenvalue weighted by Crippen LogP contribution is 2.25. The summed E-state index contributed by atoms with van der Waals surface area (Å²) < 4.78 is 39.2. The fourth-order valence-electron chi connectivity index (χ4n) is 3.24. The number of carbonyl (C=O) groups is 1. The van der Waals surface area contributed by atoms with E-state index in [1.165, 1.54) is 29.3 Å². The van der Waals surface area contributed by atoms with Gasteiger partial charge in [-0.25, -0.2) is 22.5 Å². The van der Waals surface area contributed by atoms with E-state index < -0.39 is 27.1 Å². The predicted molar refractivity (Wildman–Crippen MR) is 104 cm³/mol. The molecule has 1 atom stereocenters. The molecule has 1 aliphatic heterocycles. The Hall–Kier alpha value is -2.79. The lowest BCUT2D eigenvalue weighted by atomic mass is 10.3. The van der Waals surface area contributed by atoms with Gasteiger partial charge in [0, 0.05) is 5.69 Å². The maximum atomic E-state index is 13.2. The maximum absolute atomic E-state index is 13.2. The molecule has 3 heterocycles. The molecule has 1 aromatic carbocycles. The Balaban J connectivity index is 1.56. The van der Waals surface area contributed by atoms with Crippen molar-refractivity contribution in [2.24, 2.45) is 0 Å². The van der Waals surface area contributed by atoms with Gasteiger partial charge in [-0.1, -0.05) is 11.6 Å². The van der Waals surface area contributed by atoms with E-state index in [-0.39, 0.29) is 40.1 Å². The summed E-state index contributed by atoms with van der Waals surface area (Å²) in [6, 6.07) is 3.36. The third-order valence-corrected chi connectivity index (χ3v) is 6.69. The highest BCUT2D eigenvalue weighted by atomic mass is 35.5. The number of nitrogens with one attached hydrogen (secondary N) is 1. The highest BCUT2D eigenvalue weighted by Gasteiger charge is 2.31. The van der Waals surface area contributed by atoms with Crippen molar-refractivity contribution >= 4 is 44.1 Å². The summed E-state index contributed by atoms with van der Waals surface area (Å²) in [5, 5.41) is 6.72. The standard InChI is InChI=1S/C17H15ClFN5O4S/c18-13-5-10(1-2-14(13)19)22-15(25)7-23-9-20-16-12(17(23)26)6-21-24(16)11-3-4-29(27,28)8-11/h1-2,5-6,9,11H,3-4,7-8H2,(H,22,25)/t11-/m1/s1. The number of sulfone groups is 1. The number of halogens is 2. The van der Waals surface area contributed by atoms with Crippen LogP contribution in [0.4, 0.5) is 10.1 Å². The minimum Gasteiger partial charge on any atom is -0.324 e. The fraction of sp³-hybridized carbons (Fsp3) is 0.294. The van der Waals surface area contributed by atoms with Gasteiger partial charge in [0.15, 0.2) is 15.5 Å².